The maximum atomic E-state index is 12.1. The van der Waals surface area contributed by atoms with Gasteiger partial charge in [-0.25, -0.2) is 4.68 Å². The minimum Gasteiger partial charge on any atom is -0.483 e. The minimum atomic E-state index is -0.255. The Morgan fingerprint density at radius 3 is 2.61 bits per heavy atom. The SMILES string of the molecule is Cc1cc(C)c(OCC(=O)NCCn2nc(-c3ccco3)ccc2=O)c(C)c1. The van der Waals surface area contributed by atoms with Gasteiger partial charge in [0, 0.05) is 12.6 Å². The number of hydrogen-bond acceptors (Lipinski definition) is 5. The van der Waals surface area contributed by atoms with Crippen LogP contribution in [-0.2, 0) is 11.3 Å². The number of ether oxygens (including phenoxy) is 1. The summed E-state index contributed by atoms with van der Waals surface area (Å²) in [5.41, 5.74) is 3.46. The van der Waals surface area contributed by atoms with Gasteiger partial charge in [0.15, 0.2) is 12.4 Å². The molecule has 3 rings (SSSR count). The van der Waals surface area contributed by atoms with E-state index in [1.807, 2.05) is 32.9 Å². The van der Waals surface area contributed by atoms with E-state index in [1.165, 1.54) is 10.7 Å². The van der Waals surface area contributed by atoms with Crippen molar-refractivity contribution in [2.75, 3.05) is 13.2 Å². The van der Waals surface area contributed by atoms with Crippen LogP contribution < -0.4 is 15.6 Å². The van der Waals surface area contributed by atoms with Crippen molar-refractivity contribution >= 4 is 5.91 Å². The molecule has 7 nitrogen and oxygen atoms in total. The zero-order chi connectivity index (χ0) is 20.1. The summed E-state index contributed by atoms with van der Waals surface area (Å²) in [6, 6.07) is 10.6. The van der Waals surface area contributed by atoms with Gasteiger partial charge in [0.2, 0.25) is 0 Å². The molecule has 0 atom stereocenters. The highest BCUT2D eigenvalue weighted by molar-refractivity contribution is 5.77. The molecule has 0 spiro atoms. The Morgan fingerprint density at radius 2 is 1.93 bits per heavy atom. The molecule has 0 saturated carbocycles. The summed E-state index contributed by atoms with van der Waals surface area (Å²) in [5, 5.41) is 7.01. The standard InChI is InChI=1S/C21H23N3O4/c1-14-11-15(2)21(16(3)12-14)28-13-19(25)22-8-9-24-20(26)7-6-17(23-24)18-5-4-10-27-18/h4-7,10-12H,8-9,13H2,1-3H3,(H,22,25). The molecule has 7 heteroatoms. The maximum absolute atomic E-state index is 12.1. The van der Waals surface area contributed by atoms with Gasteiger partial charge in [-0.1, -0.05) is 17.7 Å². The van der Waals surface area contributed by atoms with Gasteiger partial charge in [-0.2, -0.15) is 5.10 Å². The van der Waals surface area contributed by atoms with Crippen LogP contribution >= 0.6 is 0 Å². The van der Waals surface area contributed by atoms with Crippen LogP contribution in [0.3, 0.4) is 0 Å². The van der Waals surface area contributed by atoms with Crippen LogP contribution in [0.1, 0.15) is 16.7 Å². The van der Waals surface area contributed by atoms with Crippen LogP contribution in [0.15, 0.2) is 51.9 Å². The lowest BCUT2D eigenvalue weighted by Gasteiger charge is -2.13. The number of carbonyl (C=O) groups is 1. The highest BCUT2D eigenvalue weighted by atomic mass is 16.5. The van der Waals surface area contributed by atoms with Gasteiger partial charge in [-0.15, -0.1) is 0 Å². The maximum Gasteiger partial charge on any atom is 0.266 e. The van der Waals surface area contributed by atoms with Crippen LogP contribution in [0.4, 0.5) is 0 Å². The first-order chi connectivity index (χ1) is 13.4. The van der Waals surface area contributed by atoms with Crippen molar-refractivity contribution in [3.8, 4) is 17.2 Å². The Hall–Kier alpha value is -3.35. The molecule has 2 heterocycles. The topological polar surface area (TPSA) is 86.4 Å². The van der Waals surface area contributed by atoms with Crippen molar-refractivity contribution in [3.05, 3.63) is 69.7 Å². The average Bonchev–Trinajstić information content (AvgIpc) is 3.17. The third kappa shape index (κ3) is 4.68. The van der Waals surface area contributed by atoms with Gasteiger partial charge in [0.1, 0.15) is 11.4 Å². The Kier molecular flexibility index (Phi) is 5.93. The molecule has 28 heavy (non-hydrogen) atoms. The summed E-state index contributed by atoms with van der Waals surface area (Å²) in [6.45, 7) is 6.37. The number of nitrogens with one attached hydrogen (secondary N) is 1. The summed E-state index contributed by atoms with van der Waals surface area (Å²) in [4.78, 5) is 24.0. The molecule has 0 aliphatic heterocycles. The van der Waals surface area contributed by atoms with E-state index >= 15 is 0 Å². The summed E-state index contributed by atoms with van der Waals surface area (Å²) >= 11 is 0. The van der Waals surface area contributed by atoms with Gasteiger partial charge in [-0.05, 0) is 50.1 Å². The van der Waals surface area contributed by atoms with Crippen LogP contribution in [0.2, 0.25) is 0 Å². The van der Waals surface area contributed by atoms with Crippen molar-refractivity contribution < 1.29 is 13.9 Å². The Morgan fingerprint density at radius 1 is 1.18 bits per heavy atom. The molecule has 0 unspecified atom stereocenters. The fraction of sp³-hybridized carbons (Fsp3) is 0.286. The van der Waals surface area contributed by atoms with E-state index < -0.39 is 0 Å². The lowest BCUT2D eigenvalue weighted by molar-refractivity contribution is -0.123. The van der Waals surface area contributed by atoms with Crippen LogP contribution in [0.25, 0.3) is 11.5 Å². The number of benzene rings is 1. The van der Waals surface area contributed by atoms with E-state index in [0.717, 1.165) is 22.4 Å². The number of aromatic nitrogens is 2. The lowest BCUT2D eigenvalue weighted by Crippen LogP contribution is -2.34. The molecule has 0 aliphatic carbocycles. The third-order valence-corrected chi connectivity index (χ3v) is 4.24. The predicted octanol–water partition coefficient (Wildman–Crippen LogP) is 2.62. The summed E-state index contributed by atoms with van der Waals surface area (Å²) in [6.07, 6.45) is 1.55. The van der Waals surface area contributed by atoms with Gasteiger partial charge in [0.05, 0.1) is 12.8 Å². The highest BCUT2D eigenvalue weighted by Crippen LogP contribution is 2.24. The normalized spacial score (nSPS) is 10.7. The first-order valence-electron chi connectivity index (χ1n) is 9.03. The van der Waals surface area contributed by atoms with Crippen molar-refractivity contribution in [2.24, 2.45) is 0 Å². The van der Waals surface area contributed by atoms with Crippen molar-refractivity contribution in [3.63, 3.8) is 0 Å². The monoisotopic (exact) mass is 381 g/mol. The molecular weight excluding hydrogens is 358 g/mol. The first-order valence-corrected chi connectivity index (χ1v) is 9.03. The van der Waals surface area contributed by atoms with Crippen molar-refractivity contribution in [1.29, 1.82) is 0 Å². The Bertz CT molecular complexity index is 999. The quantitative estimate of drug-likeness (QED) is 0.680. The molecule has 0 bridgehead atoms. The largest absolute Gasteiger partial charge is 0.483 e. The first kappa shape index (κ1) is 19.4. The zero-order valence-corrected chi connectivity index (χ0v) is 16.2. The van der Waals surface area contributed by atoms with Gasteiger partial charge in [-0.3, -0.25) is 9.59 Å². The van der Waals surface area contributed by atoms with Crippen LogP contribution in [0.5, 0.6) is 5.75 Å². The number of carbonyl (C=O) groups excluding carboxylic acids is 1. The fourth-order valence-corrected chi connectivity index (χ4v) is 3.05. The lowest BCUT2D eigenvalue weighted by atomic mass is 10.1. The molecule has 0 radical (unpaired) electrons. The van der Waals surface area contributed by atoms with Crippen LogP contribution in [-0.4, -0.2) is 28.8 Å². The summed E-state index contributed by atoms with van der Waals surface area (Å²) in [5.74, 6) is 1.05. The molecule has 0 fully saturated rings. The second-order valence-corrected chi connectivity index (χ2v) is 6.62. The van der Waals surface area contributed by atoms with Crippen LogP contribution in [0, 0.1) is 20.8 Å². The number of rotatable bonds is 7. The van der Waals surface area contributed by atoms with Crippen molar-refractivity contribution in [2.45, 2.75) is 27.3 Å². The number of aryl methyl sites for hydroxylation is 3. The van der Waals surface area contributed by atoms with Gasteiger partial charge < -0.3 is 14.5 Å². The predicted molar refractivity (Wildman–Crippen MR) is 105 cm³/mol. The van der Waals surface area contributed by atoms with Gasteiger partial charge in [0.25, 0.3) is 11.5 Å². The second kappa shape index (κ2) is 8.56. The smallest absolute Gasteiger partial charge is 0.266 e. The Labute approximate surface area is 162 Å². The molecular formula is C21H23N3O4. The average molecular weight is 381 g/mol. The molecule has 146 valence electrons. The molecule has 0 saturated heterocycles. The van der Waals surface area contributed by atoms with Crippen molar-refractivity contribution in [1.82, 2.24) is 15.1 Å². The third-order valence-electron chi connectivity index (χ3n) is 4.24. The van der Waals surface area contributed by atoms with E-state index in [9.17, 15) is 9.59 Å². The number of hydrogen-bond donors (Lipinski definition) is 1. The summed E-state index contributed by atoms with van der Waals surface area (Å²) < 4.78 is 12.3. The zero-order valence-electron chi connectivity index (χ0n) is 16.2. The number of furan rings is 1. The molecule has 1 aromatic carbocycles. The summed E-state index contributed by atoms with van der Waals surface area (Å²) in [7, 11) is 0. The number of amides is 1. The Balaban J connectivity index is 1.53. The molecule has 0 aliphatic rings. The molecule has 2 aromatic heterocycles. The number of nitrogens with zero attached hydrogens (tertiary/aromatic N) is 2. The molecule has 1 amide bonds. The van der Waals surface area contributed by atoms with E-state index in [0.29, 0.717) is 11.5 Å². The fourth-order valence-electron chi connectivity index (χ4n) is 3.05. The van der Waals surface area contributed by atoms with E-state index in [-0.39, 0.29) is 31.2 Å². The highest BCUT2D eigenvalue weighted by Gasteiger charge is 2.09. The van der Waals surface area contributed by atoms with E-state index in [2.05, 4.69) is 10.4 Å². The van der Waals surface area contributed by atoms with Gasteiger partial charge >= 0.3 is 0 Å². The molecule has 1 N–H and O–H groups in total. The molecule has 3 aromatic rings. The second-order valence-electron chi connectivity index (χ2n) is 6.62. The minimum absolute atomic E-state index is 0.0838. The van der Waals surface area contributed by atoms with E-state index in [4.69, 9.17) is 9.15 Å². The van der Waals surface area contributed by atoms with E-state index in [1.54, 1.807) is 24.5 Å².